The number of hydrogen-bond donors (Lipinski definition) is 1. The maximum atomic E-state index is 12.7. The molecule has 32 heavy (non-hydrogen) atoms. The summed E-state index contributed by atoms with van der Waals surface area (Å²) in [5.74, 6) is 1.76. The van der Waals surface area contributed by atoms with Gasteiger partial charge in [-0.05, 0) is 66.7 Å². The quantitative estimate of drug-likeness (QED) is 0.295. The molecule has 0 saturated carbocycles. The summed E-state index contributed by atoms with van der Waals surface area (Å²) in [5.41, 5.74) is 3.59. The Kier molecular flexibility index (Phi) is 5.25. The van der Waals surface area contributed by atoms with Crippen molar-refractivity contribution < 1.29 is 18.4 Å². The minimum absolute atomic E-state index is 0.224. The van der Waals surface area contributed by atoms with Crippen LogP contribution in [0.4, 0.5) is 5.69 Å². The van der Waals surface area contributed by atoms with Crippen molar-refractivity contribution in [3.63, 3.8) is 0 Å². The highest BCUT2D eigenvalue weighted by molar-refractivity contribution is 9.10. The van der Waals surface area contributed by atoms with Crippen LogP contribution in [-0.4, -0.2) is 18.0 Å². The van der Waals surface area contributed by atoms with E-state index in [1.54, 1.807) is 37.4 Å². The Bertz CT molecular complexity index is 1400. The zero-order chi connectivity index (χ0) is 22.1. The van der Waals surface area contributed by atoms with Crippen molar-refractivity contribution in [3.8, 4) is 28.5 Å². The molecule has 5 aromatic rings. The van der Waals surface area contributed by atoms with E-state index in [0.29, 0.717) is 28.4 Å². The average Bonchev–Trinajstić information content (AvgIpc) is 3.47. The number of furan rings is 1. The van der Waals surface area contributed by atoms with Crippen molar-refractivity contribution in [1.29, 1.82) is 0 Å². The molecule has 7 heteroatoms. The van der Waals surface area contributed by atoms with Crippen LogP contribution < -0.4 is 10.1 Å². The van der Waals surface area contributed by atoms with Gasteiger partial charge in [0.2, 0.25) is 5.89 Å². The molecule has 2 heterocycles. The monoisotopic (exact) mass is 488 g/mol. The van der Waals surface area contributed by atoms with Gasteiger partial charge in [-0.15, -0.1) is 0 Å². The third-order valence-corrected chi connectivity index (χ3v) is 5.47. The lowest BCUT2D eigenvalue weighted by Crippen LogP contribution is -2.10. The van der Waals surface area contributed by atoms with Crippen molar-refractivity contribution >= 4 is 38.6 Å². The molecular formula is C25H17BrN2O4. The molecule has 6 nitrogen and oxygen atoms in total. The van der Waals surface area contributed by atoms with Crippen LogP contribution in [0.15, 0.2) is 92.2 Å². The van der Waals surface area contributed by atoms with Crippen LogP contribution in [0.1, 0.15) is 10.6 Å². The van der Waals surface area contributed by atoms with Gasteiger partial charge in [0.05, 0.1) is 7.11 Å². The third-order valence-electron chi connectivity index (χ3n) is 4.94. The number of oxazole rings is 1. The molecule has 1 amide bonds. The molecule has 0 aliphatic heterocycles. The smallest absolute Gasteiger partial charge is 0.291 e. The molecule has 1 N–H and O–H groups in total. The molecular weight excluding hydrogens is 472 g/mol. The number of fused-ring (bicyclic) bond motifs is 1. The normalized spacial score (nSPS) is 10.9. The van der Waals surface area contributed by atoms with E-state index >= 15 is 0 Å². The average molecular weight is 489 g/mol. The summed E-state index contributed by atoms with van der Waals surface area (Å²) >= 11 is 3.41. The number of methoxy groups -OCH3 is 1. The molecule has 0 unspecified atom stereocenters. The largest absolute Gasteiger partial charge is 0.497 e. The Morgan fingerprint density at radius 3 is 2.41 bits per heavy atom. The minimum Gasteiger partial charge on any atom is -0.497 e. The predicted octanol–water partition coefficient (Wildman–Crippen LogP) is 6.78. The number of hydrogen-bond acceptors (Lipinski definition) is 5. The summed E-state index contributed by atoms with van der Waals surface area (Å²) < 4.78 is 17.7. The Morgan fingerprint density at radius 1 is 0.906 bits per heavy atom. The van der Waals surface area contributed by atoms with Crippen molar-refractivity contribution in [1.82, 2.24) is 4.98 Å². The molecule has 0 bridgehead atoms. The first-order valence-corrected chi connectivity index (χ1v) is 10.6. The standard InChI is InChI=1S/C25H17BrN2O4/c1-30-19-9-4-16(5-10-19)25-28-20-14-18(8-11-22(20)32-25)27-24(29)23-13-12-21(31-23)15-2-6-17(26)7-3-15/h2-14H,1H3,(H,27,29). The second-order valence-corrected chi connectivity index (χ2v) is 7.97. The van der Waals surface area contributed by atoms with Gasteiger partial charge in [-0.1, -0.05) is 28.1 Å². The van der Waals surface area contributed by atoms with Crippen LogP contribution in [0.3, 0.4) is 0 Å². The van der Waals surface area contributed by atoms with Gasteiger partial charge >= 0.3 is 0 Å². The van der Waals surface area contributed by atoms with E-state index in [9.17, 15) is 4.79 Å². The SMILES string of the molecule is COc1ccc(-c2nc3cc(NC(=O)c4ccc(-c5ccc(Br)cc5)o4)ccc3o2)cc1. The molecule has 158 valence electrons. The van der Waals surface area contributed by atoms with Gasteiger partial charge < -0.3 is 18.9 Å². The van der Waals surface area contributed by atoms with Gasteiger partial charge in [0.25, 0.3) is 5.91 Å². The molecule has 0 spiro atoms. The van der Waals surface area contributed by atoms with Crippen LogP contribution >= 0.6 is 15.9 Å². The number of ether oxygens (including phenoxy) is 1. The summed E-state index contributed by atoms with van der Waals surface area (Å²) in [6, 6.07) is 23.9. The van der Waals surface area contributed by atoms with Crippen LogP contribution in [-0.2, 0) is 0 Å². The lowest BCUT2D eigenvalue weighted by atomic mass is 10.2. The Hall–Kier alpha value is -3.84. The molecule has 3 aromatic carbocycles. The maximum Gasteiger partial charge on any atom is 0.291 e. The van der Waals surface area contributed by atoms with Gasteiger partial charge in [0, 0.05) is 21.3 Å². The molecule has 5 rings (SSSR count). The zero-order valence-corrected chi connectivity index (χ0v) is 18.5. The summed E-state index contributed by atoms with van der Waals surface area (Å²) in [6.07, 6.45) is 0. The van der Waals surface area contributed by atoms with Gasteiger partial charge in [0.15, 0.2) is 11.3 Å². The number of halogens is 1. The van der Waals surface area contributed by atoms with E-state index < -0.39 is 0 Å². The molecule has 0 aliphatic rings. The number of nitrogens with one attached hydrogen (secondary N) is 1. The van der Waals surface area contributed by atoms with Crippen molar-refractivity contribution in [3.05, 3.63) is 89.1 Å². The highest BCUT2D eigenvalue weighted by Crippen LogP contribution is 2.28. The molecule has 0 radical (unpaired) electrons. The number of carbonyl (C=O) groups is 1. The van der Waals surface area contributed by atoms with Crippen molar-refractivity contribution in [2.75, 3.05) is 12.4 Å². The third kappa shape index (κ3) is 4.02. The van der Waals surface area contributed by atoms with Crippen LogP contribution in [0.25, 0.3) is 33.9 Å². The van der Waals surface area contributed by atoms with E-state index in [4.69, 9.17) is 13.6 Å². The second kappa shape index (κ2) is 8.36. The van der Waals surface area contributed by atoms with Crippen LogP contribution in [0.5, 0.6) is 5.75 Å². The van der Waals surface area contributed by atoms with Crippen LogP contribution in [0.2, 0.25) is 0 Å². The summed E-state index contributed by atoms with van der Waals surface area (Å²) in [7, 11) is 1.62. The van der Waals surface area contributed by atoms with E-state index in [0.717, 1.165) is 21.3 Å². The first kappa shape index (κ1) is 20.1. The fourth-order valence-electron chi connectivity index (χ4n) is 3.28. The van der Waals surface area contributed by atoms with Crippen molar-refractivity contribution in [2.24, 2.45) is 0 Å². The Balaban J connectivity index is 1.34. The molecule has 0 fully saturated rings. The summed E-state index contributed by atoms with van der Waals surface area (Å²) in [4.78, 5) is 17.2. The number of nitrogens with zero attached hydrogens (tertiary/aromatic N) is 1. The van der Waals surface area contributed by atoms with E-state index in [2.05, 4.69) is 26.2 Å². The molecule has 0 aliphatic carbocycles. The summed E-state index contributed by atoms with van der Waals surface area (Å²) in [6.45, 7) is 0. The molecule has 2 aromatic heterocycles. The summed E-state index contributed by atoms with van der Waals surface area (Å²) in [5, 5.41) is 2.85. The van der Waals surface area contributed by atoms with Gasteiger partial charge in [-0.2, -0.15) is 0 Å². The van der Waals surface area contributed by atoms with E-state index in [1.807, 2.05) is 48.5 Å². The highest BCUT2D eigenvalue weighted by Gasteiger charge is 2.14. The van der Waals surface area contributed by atoms with Gasteiger partial charge in [0.1, 0.15) is 17.0 Å². The Labute approximate surface area is 192 Å². The van der Waals surface area contributed by atoms with E-state index in [1.165, 1.54) is 0 Å². The number of anilines is 1. The molecule has 0 saturated heterocycles. The van der Waals surface area contributed by atoms with E-state index in [-0.39, 0.29) is 11.7 Å². The fraction of sp³-hybridized carbons (Fsp3) is 0.0400. The first-order valence-electron chi connectivity index (χ1n) is 9.81. The van der Waals surface area contributed by atoms with Gasteiger partial charge in [-0.3, -0.25) is 4.79 Å². The lowest BCUT2D eigenvalue weighted by Gasteiger charge is -2.03. The lowest BCUT2D eigenvalue weighted by molar-refractivity contribution is 0.0997. The number of amides is 1. The topological polar surface area (TPSA) is 77.5 Å². The zero-order valence-electron chi connectivity index (χ0n) is 17.0. The van der Waals surface area contributed by atoms with Crippen molar-refractivity contribution in [2.45, 2.75) is 0 Å². The number of benzene rings is 3. The Morgan fingerprint density at radius 2 is 1.66 bits per heavy atom. The highest BCUT2D eigenvalue weighted by atomic mass is 79.9. The second-order valence-electron chi connectivity index (χ2n) is 7.05. The van der Waals surface area contributed by atoms with Crippen LogP contribution in [0, 0.1) is 0 Å². The minimum atomic E-state index is -0.341. The fourth-order valence-corrected chi connectivity index (χ4v) is 3.55. The number of rotatable bonds is 5. The van der Waals surface area contributed by atoms with Gasteiger partial charge in [-0.25, -0.2) is 4.98 Å². The molecule has 0 atom stereocenters. The number of carbonyl (C=O) groups excluding carboxylic acids is 1. The number of aromatic nitrogens is 1. The first-order chi connectivity index (χ1) is 15.6. The predicted molar refractivity (Wildman–Crippen MR) is 126 cm³/mol. The maximum absolute atomic E-state index is 12.7.